The van der Waals surface area contributed by atoms with E-state index in [1.807, 2.05) is 30.3 Å². The summed E-state index contributed by atoms with van der Waals surface area (Å²) in [7, 11) is 0. The van der Waals surface area contributed by atoms with Gasteiger partial charge in [-0.3, -0.25) is 0 Å². The van der Waals surface area contributed by atoms with Crippen molar-refractivity contribution in [3.05, 3.63) is 57.0 Å². The van der Waals surface area contributed by atoms with E-state index in [1.54, 1.807) is 6.07 Å². The normalized spacial score (nSPS) is 11.1. The molecule has 0 aliphatic carbocycles. The fraction of sp³-hybridized carbons (Fsp3) is 0.250. The van der Waals surface area contributed by atoms with Crippen LogP contribution >= 0.6 is 34.8 Å². The highest BCUT2D eigenvalue weighted by atomic mass is 35.5. The van der Waals surface area contributed by atoms with E-state index in [0.29, 0.717) is 16.1 Å². The van der Waals surface area contributed by atoms with E-state index in [1.165, 1.54) is 0 Å². The molecule has 4 heteroatoms. The first-order chi connectivity index (χ1) is 9.47. The maximum Gasteiger partial charge on any atom is 0.0499 e. The van der Waals surface area contributed by atoms with Crippen molar-refractivity contribution in [3.8, 4) is 11.1 Å². The van der Waals surface area contributed by atoms with Gasteiger partial charge in [0.25, 0.3) is 0 Å². The minimum Gasteiger partial charge on any atom is -0.310 e. The molecule has 20 heavy (non-hydrogen) atoms. The second-order valence-corrected chi connectivity index (χ2v) is 6.24. The molecule has 0 heterocycles. The van der Waals surface area contributed by atoms with Gasteiger partial charge in [0.2, 0.25) is 0 Å². The topological polar surface area (TPSA) is 12.0 Å². The van der Waals surface area contributed by atoms with Crippen LogP contribution < -0.4 is 5.32 Å². The molecule has 0 fully saturated rings. The van der Waals surface area contributed by atoms with Crippen LogP contribution in [-0.2, 0) is 6.54 Å². The summed E-state index contributed by atoms with van der Waals surface area (Å²) >= 11 is 18.4. The van der Waals surface area contributed by atoms with Crippen molar-refractivity contribution in [2.24, 2.45) is 0 Å². The highest BCUT2D eigenvalue weighted by Crippen LogP contribution is 2.33. The molecule has 106 valence electrons. The van der Waals surface area contributed by atoms with Gasteiger partial charge in [0.05, 0.1) is 0 Å². The predicted octanol–water partition coefficient (Wildman–Crippen LogP) is 5.81. The summed E-state index contributed by atoms with van der Waals surface area (Å²) in [5.41, 5.74) is 3.16. The number of benzene rings is 2. The average molecular weight is 329 g/mol. The Morgan fingerprint density at radius 2 is 1.50 bits per heavy atom. The van der Waals surface area contributed by atoms with Crippen molar-refractivity contribution in [3.63, 3.8) is 0 Å². The van der Waals surface area contributed by atoms with Crippen molar-refractivity contribution in [2.45, 2.75) is 26.4 Å². The van der Waals surface area contributed by atoms with Gasteiger partial charge in [0, 0.05) is 33.2 Å². The lowest BCUT2D eigenvalue weighted by Gasteiger charge is -2.14. The van der Waals surface area contributed by atoms with Crippen LogP contribution in [-0.4, -0.2) is 6.04 Å². The average Bonchev–Trinajstić information content (AvgIpc) is 2.37. The molecule has 0 aliphatic rings. The molecule has 1 nitrogen and oxygen atoms in total. The summed E-state index contributed by atoms with van der Waals surface area (Å²) in [6.45, 7) is 4.96. The van der Waals surface area contributed by atoms with Crippen LogP contribution in [0.4, 0.5) is 0 Å². The molecule has 0 aliphatic heterocycles. The second kappa shape index (κ2) is 6.82. The van der Waals surface area contributed by atoms with Crippen molar-refractivity contribution in [1.82, 2.24) is 5.32 Å². The van der Waals surface area contributed by atoms with Gasteiger partial charge in [0.15, 0.2) is 0 Å². The van der Waals surface area contributed by atoms with Crippen molar-refractivity contribution in [2.75, 3.05) is 0 Å². The SMILES string of the molecule is CC(C)NCc1cc(Cl)ccc1-c1ccc(Cl)cc1Cl. The Morgan fingerprint density at radius 1 is 0.900 bits per heavy atom. The van der Waals surface area contributed by atoms with Crippen LogP contribution in [0.1, 0.15) is 19.4 Å². The quantitative estimate of drug-likeness (QED) is 0.746. The van der Waals surface area contributed by atoms with E-state index in [0.717, 1.165) is 28.3 Å². The van der Waals surface area contributed by atoms with Gasteiger partial charge in [-0.1, -0.05) is 60.8 Å². The lowest BCUT2D eigenvalue weighted by atomic mass is 9.99. The fourth-order valence-electron chi connectivity index (χ4n) is 1.99. The first-order valence-electron chi connectivity index (χ1n) is 6.44. The zero-order chi connectivity index (χ0) is 14.7. The van der Waals surface area contributed by atoms with E-state index < -0.39 is 0 Å². The zero-order valence-electron chi connectivity index (χ0n) is 11.4. The van der Waals surface area contributed by atoms with Gasteiger partial charge < -0.3 is 5.32 Å². The van der Waals surface area contributed by atoms with Crippen LogP contribution in [0.25, 0.3) is 11.1 Å². The van der Waals surface area contributed by atoms with Crippen LogP contribution in [0.3, 0.4) is 0 Å². The molecular formula is C16H16Cl3N. The van der Waals surface area contributed by atoms with E-state index in [4.69, 9.17) is 34.8 Å². The molecule has 2 aromatic rings. The Kier molecular flexibility index (Phi) is 5.34. The summed E-state index contributed by atoms with van der Waals surface area (Å²) in [5.74, 6) is 0. The molecule has 0 spiro atoms. The van der Waals surface area contributed by atoms with Crippen LogP contribution in [0.5, 0.6) is 0 Å². The Hall–Kier alpha value is -0.730. The van der Waals surface area contributed by atoms with Crippen molar-refractivity contribution < 1.29 is 0 Å². The Labute approximate surface area is 134 Å². The molecule has 0 saturated heterocycles. The van der Waals surface area contributed by atoms with Gasteiger partial charge in [0.1, 0.15) is 0 Å². The van der Waals surface area contributed by atoms with E-state index in [-0.39, 0.29) is 0 Å². The maximum atomic E-state index is 6.30. The van der Waals surface area contributed by atoms with Crippen molar-refractivity contribution >= 4 is 34.8 Å². The molecule has 0 saturated carbocycles. The first kappa shape index (κ1) is 15.7. The minimum absolute atomic E-state index is 0.405. The third-order valence-corrected chi connectivity index (χ3v) is 3.77. The molecule has 0 bridgehead atoms. The molecule has 2 rings (SSSR count). The third kappa shape index (κ3) is 3.89. The number of halogens is 3. The monoisotopic (exact) mass is 327 g/mol. The third-order valence-electron chi connectivity index (χ3n) is 2.99. The van der Waals surface area contributed by atoms with Gasteiger partial charge >= 0.3 is 0 Å². The molecule has 0 amide bonds. The van der Waals surface area contributed by atoms with Crippen LogP contribution in [0.2, 0.25) is 15.1 Å². The maximum absolute atomic E-state index is 6.30. The minimum atomic E-state index is 0.405. The van der Waals surface area contributed by atoms with E-state index >= 15 is 0 Å². The Balaban J connectivity index is 2.44. The molecule has 2 aromatic carbocycles. The highest BCUT2D eigenvalue weighted by Gasteiger charge is 2.10. The van der Waals surface area contributed by atoms with E-state index in [2.05, 4.69) is 19.2 Å². The molecular weight excluding hydrogens is 313 g/mol. The Morgan fingerprint density at radius 3 is 2.10 bits per heavy atom. The number of hydrogen-bond donors (Lipinski definition) is 1. The molecule has 0 radical (unpaired) electrons. The van der Waals surface area contributed by atoms with Gasteiger partial charge in [-0.15, -0.1) is 0 Å². The summed E-state index contributed by atoms with van der Waals surface area (Å²) < 4.78 is 0. The second-order valence-electron chi connectivity index (χ2n) is 4.96. The summed E-state index contributed by atoms with van der Waals surface area (Å²) in [4.78, 5) is 0. The molecule has 1 N–H and O–H groups in total. The van der Waals surface area contributed by atoms with Gasteiger partial charge in [-0.25, -0.2) is 0 Å². The first-order valence-corrected chi connectivity index (χ1v) is 7.58. The lowest BCUT2D eigenvalue weighted by molar-refractivity contribution is 0.589. The summed E-state index contributed by atoms with van der Waals surface area (Å²) in [6, 6.07) is 11.8. The summed E-state index contributed by atoms with van der Waals surface area (Å²) in [5, 5.41) is 5.40. The number of rotatable bonds is 4. The highest BCUT2D eigenvalue weighted by molar-refractivity contribution is 6.36. The fourth-order valence-corrected chi connectivity index (χ4v) is 2.70. The van der Waals surface area contributed by atoms with Crippen LogP contribution in [0.15, 0.2) is 36.4 Å². The van der Waals surface area contributed by atoms with Gasteiger partial charge in [-0.05, 0) is 35.4 Å². The predicted molar refractivity (Wildman–Crippen MR) is 88.9 cm³/mol. The largest absolute Gasteiger partial charge is 0.310 e. The zero-order valence-corrected chi connectivity index (χ0v) is 13.7. The standard InChI is InChI=1S/C16H16Cl3N/c1-10(2)20-9-11-7-12(17)3-5-14(11)15-6-4-13(18)8-16(15)19/h3-8,10,20H,9H2,1-2H3. The number of hydrogen-bond acceptors (Lipinski definition) is 1. The molecule has 0 unspecified atom stereocenters. The lowest BCUT2D eigenvalue weighted by Crippen LogP contribution is -2.22. The van der Waals surface area contributed by atoms with E-state index in [9.17, 15) is 0 Å². The van der Waals surface area contributed by atoms with Crippen molar-refractivity contribution in [1.29, 1.82) is 0 Å². The van der Waals surface area contributed by atoms with Crippen LogP contribution in [0, 0.1) is 0 Å². The number of nitrogens with one attached hydrogen (secondary N) is 1. The smallest absolute Gasteiger partial charge is 0.0499 e. The Bertz CT molecular complexity index is 609. The molecule has 0 atom stereocenters. The van der Waals surface area contributed by atoms with Gasteiger partial charge in [-0.2, -0.15) is 0 Å². The molecule has 0 aromatic heterocycles. The summed E-state index contributed by atoms with van der Waals surface area (Å²) in [6.07, 6.45) is 0.